The Kier molecular flexibility index (Phi) is 5.06. The fourth-order valence-corrected chi connectivity index (χ4v) is 2.08. The zero-order valence-electron chi connectivity index (χ0n) is 13.2. The summed E-state index contributed by atoms with van der Waals surface area (Å²) in [6.07, 6.45) is 0. The van der Waals surface area contributed by atoms with Gasteiger partial charge in [0.05, 0.1) is 26.9 Å². The number of nitro benzene ring substituents is 3. The normalized spacial score (nSPS) is 10.0. The van der Waals surface area contributed by atoms with Crippen molar-refractivity contribution in [2.45, 2.75) is 0 Å². The molecule has 134 valence electrons. The number of carbonyl (C=O) groups is 1. The summed E-state index contributed by atoms with van der Waals surface area (Å²) in [4.78, 5) is 43.5. The first-order valence-corrected chi connectivity index (χ1v) is 6.93. The van der Waals surface area contributed by atoms with Crippen molar-refractivity contribution in [2.24, 2.45) is 0 Å². The first kappa shape index (κ1) is 18.3. The molecule has 0 spiro atoms. The largest absolute Gasteiger partial charge is 0.326 e. The van der Waals surface area contributed by atoms with Crippen molar-refractivity contribution in [1.29, 1.82) is 0 Å². The third-order valence-electron chi connectivity index (χ3n) is 3.37. The molecule has 2 rings (SSSR count). The van der Waals surface area contributed by atoms with Crippen LogP contribution in [0.25, 0.3) is 0 Å². The third kappa shape index (κ3) is 3.69. The molecule has 1 N–H and O–H groups in total. The van der Waals surface area contributed by atoms with E-state index in [0.717, 1.165) is 4.90 Å². The number of nitrogens with one attached hydrogen (secondary N) is 1. The maximum atomic E-state index is 12.3. The first-order valence-electron chi connectivity index (χ1n) is 6.93. The standard InChI is InChI=1S/C14H11N5O7/c1-16(9-5-3-2-4-6-9)14(20)15-13-11(18(23)24)7-10(17(21)22)8-12(13)19(25)26/h2-8H,1H3,(H,15,20). The molecule has 0 bridgehead atoms. The van der Waals surface area contributed by atoms with Crippen LogP contribution < -0.4 is 10.2 Å². The molecule has 0 heterocycles. The Morgan fingerprint density at radius 1 is 0.923 bits per heavy atom. The van der Waals surface area contributed by atoms with Crippen molar-refractivity contribution in [3.05, 3.63) is 72.8 Å². The van der Waals surface area contributed by atoms with Gasteiger partial charge in [0, 0.05) is 12.7 Å². The number of amides is 2. The molecule has 12 nitrogen and oxygen atoms in total. The van der Waals surface area contributed by atoms with Crippen LogP contribution in [-0.2, 0) is 0 Å². The van der Waals surface area contributed by atoms with Gasteiger partial charge in [-0.25, -0.2) is 4.79 Å². The van der Waals surface area contributed by atoms with Gasteiger partial charge >= 0.3 is 17.4 Å². The minimum atomic E-state index is -1.04. The third-order valence-corrected chi connectivity index (χ3v) is 3.37. The Morgan fingerprint density at radius 2 is 1.42 bits per heavy atom. The summed E-state index contributed by atoms with van der Waals surface area (Å²) in [5.41, 5.74) is -3.06. The van der Waals surface area contributed by atoms with Crippen LogP contribution in [0.2, 0.25) is 0 Å². The van der Waals surface area contributed by atoms with E-state index in [1.165, 1.54) is 7.05 Å². The van der Waals surface area contributed by atoms with E-state index in [0.29, 0.717) is 17.8 Å². The number of nitro groups is 3. The summed E-state index contributed by atoms with van der Waals surface area (Å²) in [6, 6.07) is 8.37. The lowest BCUT2D eigenvalue weighted by Gasteiger charge is -2.17. The van der Waals surface area contributed by atoms with Gasteiger partial charge in [-0.2, -0.15) is 0 Å². The van der Waals surface area contributed by atoms with E-state index in [2.05, 4.69) is 5.32 Å². The first-order chi connectivity index (χ1) is 12.2. The second-order valence-electron chi connectivity index (χ2n) is 4.96. The molecule has 0 aromatic heterocycles. The van der Waals surface area contributed by atoms with E-state index in [4.69, 9.17) is 0 Å². The van der Waals surface area contributed by atoms with Crippen LogP contribution >= 0.6 is 0 Å². The monoisotopic (exact) mass is 361 g/mol. The molecule has 26 heavy (non-hydrogen) atoms. The Hall–Kier alpha value is -4.09. The summed E-state index contributed by atoms with van der Waals surface area (Å²) in [5.74, 6) is 0. The average Bonchev–Trinajstić information content (AvgIpc) is 2.61. The molecule has 0 fully saturated rings. The van der Waals surface area contributed by atoms with E-state index in [9.17, 15) is 35.1 Å². The lowest BCUT2D eigenvalue weighted by molar-refractivity contribution is -0.401. The highest BCUT2D eigenvalue weighted by Crippen LogP contribution is 2.38. The number of anilines is 2. The predicted octanol–water partition coefficient (Wildman–Crippen LogP) is 3.08. The highest BCUT2D eigenvalue weighted by Gasteiger charge is 2.32. The van der Waals surface area contributed by atoms with Crippen molar-refractivity contribution in [2.75, 3.05) is 17.3 Å². The Bertz CT molecular complexity index is 865. The van der Waals surface area contributed by atoms with Gasteiger partial charge in [-0.15, -0.1) is 0 Å². The number of hydrogen-bond acceptors (Lipinski definition) is 7. The highest BCUT2D eigenvalue weighted by molar-refractivity contribution is 6.04. The summed E-state index contributed by atoms with van der Waals surface area (Å²) in [5, 5.41) is 35.3. The molecular weight excluding hydrogens is 350 g/mol. The zero-order valence-corrected chi connectivity index (χ0v) is 13.2. The summed E-state index contributed by atoms with van der Waals surface area (Å²) in [7, 11) is 1.35. The summed E-state index contributed by atoms with van der Waals surface area (Å²) in [6.45, 7) is 0. The van der Waals surface area contributed by atoms with E-state index >= 15 is 0 Å². The lowest BCUT2D eigenvalue weighted by atomic mass is 10.2. The predicted molar refractivity (Wildman–Crippen MR) is 90.3 cm³/mol. The van der Waals surface area contributed by atoms with Crippen LogP contribution in [0, 0.1) is 30.3 Å². The van der Waals surface area contributed by atoms with Gasteiger partial charge < -0.3 is 0 Å². The number of benzene rings is 2. The van der Waals surface area contributed by atoms with Gasteiger partial charge in [0.1, 0.15) is 0 Å². The number of non-ortho nitro benzene ring substituents is 1. The van der Waals surface area contributed by atoms with E-state index in [1.54, 1.807) is 30.3 Å². The van der Waals surface area contributed by atoms with Crippen LogP contribution in [0.4, 0.5) is 33.2 Å². The van der Waals surface area contributed by atoms with Gasteiger partial charge in [0.15, 0.2) is 0 Å². The SMILES string of the molecule is CN(C(=O)Nc1c([N+](=O)[O-])cc([N+](=O)[O-])cc1[N+](=O)[O-])c1ccccc1. The second kappa shape index (κ2) is 7.21. The van der Waals surface area contributed by atoms with Crippen LogP contribution in [0.5, 0.6) is 0 Å². The lowest BCUT2D eigenvalue weighted by Crippen LogP contribution is -2.31. The smallest absolute Gasteiger partial charge is 0.297 e. The maximum Gasteiger partial charge on any atom is 0.326 e. The maximum absolute atomic E-state index is 12.3. The molecule has 0 aliphatic carbocycles. The zero-order chi connectivity index (χ0) is 19.4. The number of hydrogen-bond donors (Lipinski definition) is 1. The van der Waals surface area contributed by atoms with Crippen molar-refractivity contribution < 1.29 is 19.6 Å². The molecule has 0 radical (unpaired) electrons. The number of carbonyl (C=O) groups excluding carboxylic acids is 1. The van der Waals surface area contributed by atoms with Crippen molar-refractivity contribution in [3.8, 4) is 0 Å². The average molecular weight is 361 g/mol. The molecular formula is C14H11N5O7. The van der Waals surface area contributed by atoms with E-state index < -0.39 is 43.6 Å². The number of rotatable bonds is 5. The Balaban J connectivity index is 2.50. The molecule has 0 aliphatic rings. The molecule has 2 aromatic rings. The summed E-state index contributed by atoms with van der Waals surface area (Å²) >= 11 is 0. The fraction of sp³-hybridized carbons (Fsp3) is 0.0714. The van der Waals surface area contributed by atoms with Crippen LogP contribution in [0.1, 0.15) is 0 Å². The number of urea groups is 1. The number of nitrogens with zero attached hydrogens (tertiary/aromatic N) is 4. The van der Waals surface area contributed by atoms with Crippen LogP contribution in [0.15, 0.2) is 42.5 Å². The Labute approximate surface area is 145 Å². The van der Waals surface area contributed by atoms with Crippen molar-refractivity contribution in [1.82, 2.24) is 0 Å². The molecule has 0 saturated heterocycles. The molecule has 0 saturated carbocycles. The van der Waals surface area contributed by atoms with Gasteiger partial charge in [-0.05, 0) is 12.1 Å². The van der Waals surface area contributed by atoms with Gasteiger partial charge in [-0.1, -0.05) is 18.2 Å². The van der Waals surface area contributed by atoms with E-state index in [1.807, 2.05) is 0 Å². The van der Waals surface area contributed by atoms with Crippen LogP contribution in [-0.4, -0.2) is 27.8 Å². The highest BCUT2D eigenvalue weighted by atomic mass is 16.6. The quantitative estimate of drug-likeness (QED) is 0.631. The topological polar surface area (TPSA) is 162 Å². The number of para-hydroxylation sites is 1. The molecule has 12 heteroatoms. The van der Waals surface area contributed by atoms with Crippen LogP contribution in [0.3, 0.4) is 0 Å². The minimum Gasteiger partial charge on any atom is -0.297 e. The minimum absolute atomic E-state index is 0.428. The van der Waals surface area contributed by atoms with Gasteiger partial charge in [0.25, 0.3) is 5.69 Å². The molecule has 2 amide bonds. The van der Waals surface area contributed by atoms with Gasteiger partial charge in [-0.3, -0.25) is 40.6 Å². The Morgan fingerprint density at radius 3 is 1.85 bits per heavy atom. The van der Waals surface area contributed by atoms with Gasteiger partial charge in [0.2, 0.25) is 5.69 Å². The second-order valence-corrected chi connectivity index (χ2v) is 4.96. The molecule has 0 unspecified atom stereocenters. The van der Waals surface area contributed by atoms with Crippen molar-refractivity contribution >= 4 is 34.5 Å². The summed E-state index contributed by atoms with van der Waals surface area (Å²) < 4.78 is 0. The van der Waals surface area contributed by atoms with E-state index in [-0.39, 0.29) is 0 Å². The molecule has 2 aromatic carbocycles. The molecule has 0 atom stereocenters. The van der Waals surface area contributed by atoms with Crippen molar-refractivity contribution in [3.63, 3.8) is 0 Å². The molecule has 0 aliphatic heterocycles. The fourth-order valence-electron chi connectivity index (χ4n) is 2.08.